The van der Waals surface area contributed by atoms with Gasteiger partial charge in [0.25, 0.3) is 5.91 Å². The number of nitrogens with two attached hydrogens (primary N) is 1. The van der Waals surface area contributed by atoms with E-state index in [1.54, 1.807) is 6.20 Å². The molecule has 1 aromatic carbocycles. The molecule has 102 valence electrons. The lowest BCUT2D eigenvalue weighted by molar-refractivity contribution is 0.0945. The number of benzene rings is 1. The molecule has 0 aliphatic heterocycles. The van der Waals surface area contributed by atoms with Gasteiger partial charge in [0.15, 0.2) is 0 Å². The van der Waals surface area contributed by atoms with Crippen molar-refractivity contribution in [3.05, 3.63) is 30.0 Å². The highest BCUT2D eigenvalue weighted by Gasteiger charge is 2.14. The zero-order valence-electron chi connectivity index (χ0n) is 11.2. The number of carbonyl (C=O) groups is 1. The van der Waals surface area contributed by atoms with Gasteiger partial charge in [-0.15, -0.1) is 0 Å². The fourth-order valence-corrected chi connectivity index (χ4v) is 2.64. The molecule has 1 unspecified atom stereocenters. The van der Waals surface area contributed by atoms with Crippen LogP contribution < -0.4 is 11.1 Å². The second-order valence-electron chi connectivity index (χ2n) is 4.54. The van der Waals surface area contributed by atoms with E-state index in [0.717, 1.165) is 22.4 Å². The molecule has 0 aliphatic rings. The van der Waals surface area contributed by atoms with Gasteiger partial charge in [0.1, 0.15) is 0 Å². The van der Waals surface area contributed by atoms with Crippen LogP contribution in [0.1, 0.15) is 24.2 Å². The normalized spacial score (nSPS) is 12.5. The quantitative estimate of drug-likeness (QED) is 0.736. The van der Waals surface area contributed by atoms with Crippen LogP contribution >= 0.6 is 11.8 Å². The van der Waals surface area contributed by atoms with Crippen molar-refractivity contribution in [2.24, 2.45) is 0 Å². The first-order chi connectivity index (χ1) is 9.11. The van der Waals surface area contributed by atoms with E-state index in [-0.39, 0.29) is 11.9 Å². The highest BCUT2D eigenvalue weighted by Crippen LogP contribution is 2.21. The lowest BCUT2D eigenvalue weighted by atomic mass is 10.1. The minimum Gasteiger partial charge on any atom is -0.399 e. The van der Waals surface area contributed by atoms with Crippen LogP contribution in [0.4, 0.5) is 5.69 Å². The Labute approximate surface area is 117 Å². The highest BCUT2D eigenvalue weighted by atomic mass is 32.2. The average molecular weight is 277 g/mol. The monoisotopic (exact) mass is 277 g/mol. The van der Waals surface area contributed by atoms with E-state index in [1.165, 1.54) is 0 Å². The Balaban J connectivity index is 2.15. The third-order valence-electron chi connectivity index (χ3n) is 2.90. The highest BCUT2D eigenvalue weighted by molar-refractivity contribution is 7.99. The molecule has 1 aromatic heterocycles. The molecule has 0 bridgehead atoms. The molecule has 0 saturated carbocycles. The molecule has 0 aliphatic carbocycles. The molecule has 0 fully saturated rings. The third-order valence-corrected chi connectivity index (χ3v) is 4.04. The average Bonchev–Trinajstić information content (AvgIpc) is 2.79. The van der Waals surface area contributed by atoms with Gasteiger partial charge < -0.3 is 16.0 Å². The van der Waals surface area contributed by atoms with Crippen molar-refractivity contribution in [1.82, 2.24) is 10.3 Å². The van der Waals surface area contributed by atoms with Gasteiger partial charge in [0, 0.05) is 34.6 Å². The minimum absolute atomic E-state index is 0.0546. The molecular formula is C14H19N3OS. The molecule has 0 radical (unpaired) electrons. The van der Waals surface area contributed by atoms with Gasteiger partial charge in [-0.25, -0.2) is 0 Å². The zero-order chi connectivity index (χ0) is 13.8. The largest absolute Gasteiger partial charge is 0.399 e. The van der Waals surface area contributed by atoms with Gasteiger partial charge in [0.2, 0.25) is 0 Å². The van der Waals surface area contributed by atoms with Crippen LogP contribution in [-0.2, 0) is 0 Å². The lowest BCUT2D eigenvalue weighted by Crippen LogP contribution is -2.34. The fraction of sp³-hybridized carbons (Fsp3) is 0.357. The van der Waals surface area contributed by atoms with Crippen LogP contribution in [0, 0.1) is 0 Å². The van der Waals surface area contributed by atoms with Crippen LogP contribution in [0.5, 0.6) is 0 Å². The molecule has 0 spiro atoms. The summed E-state index contributed by atoms with van der Waals surface area (Å²) in [5.41, 5.74) is 8.01. The van der Waals surface area contributed by atoms with E-state index in [1.807, 2.05) is 36.9 Å². The van der Waals surface area contributed by atoms with E-state index in [4.69, 9.17) is 5.73 Å². The van der Waals surface area contributed by atoms with Crippen molar-refractivity contribution in [2.75, 3.05) is 17.2 Å². The van der Waals surface area contributed by atoms with Gasteiger partial charge in [0.05, 0.1) is 5.56 Å². The Bertz CT molecular complexity index is 579. The molecule has 2 aromatic rings. The molecule has 1 atom stereocenters. The number of nitrogens with one attached hydrogen (secondary N) is 2. The van der Waals surface area contributed by atoms with Crippen LogP contribution in [0.25, 0.3) is 10.9 Å². The van der Waals surface area contributed by atoms with Crippen molar-refractivity contribution < 1.29 is 4.79 Å². The molecule has 2 rings (SSSR count). The van der Waals surface area contributed by atoms with Crippen molar-refractivity contribution in [1.29, 1.82) is 0 Å². The summed E-state index contributed by atoms with van der Waals surface area (Å²) in [6, 6.07) is 5.69. The number of anilines is 1. The zero-order valence-corrected chi connectivity index (χ0v) is 12.0. The van der Waals surface area contributed by atoms with Crippen molar-refractivity contribution in [3.63, 3.8) is 0 Å². The van der Waals surface area contributed by atoms with Gasteiger partial charge in [-0.05, 0) is 30.9 Å². The number of fused-ring (bicyclic) bond motifs is 1. The Hall–Kier alpha value is -1.62. The number of hydrogen-bond acceptors (Lipinski definition) is 3. The van der Waals surface area contributed by atoms with E-state index in [0.29, 0.717) is 11.3 Å². The molecular weight excluding hydrogens is 258 g/mol. The number of aromatic nitrogens is 1. The second kappa shape index (κ2) is 6.02. The predicted molar refractivity (Wildman–Crippen MR) is 82.6 cm³/mol. The first kappa shape index (κ1) is 13.8. The van der Waals surface area contributed by atoms with Gasteiger partial charge in [-0.1, -0.05) is 6.92 Å². The molecule has 1 heterocycles. The number of nitrogen functional groups attached to an aromatic ring is 1. The van der Waals surface area contributed by atoms with E-state index >= 15 is 0 Å². The summed E-state index contributed by atoms with van der Waals surface area (Å²) in [6.45, 7) is 4.13. The maximum Gasteiger partial charge on any atom is 0.253 e. The standard InChI is InChI=1S/C14H19N3OS/c1-3-19-8-9(2)17-14(18)12-7-16-13-5-4-10(15)6-11(12)13/h4-7,9,16H,3,8,15H2,1-2H3,(H,17,18). The number of aromatic amines is 1. The molecule has 1 amide bonds. The van der Waals surface area contributed by atoms with Gasteiger partial charge >= 0.3 is 0 Å². The second-order valence-corrected chi connectivity index (χ2v) is 5.86. The summed E-state index contributed by atoms with van der Waals surface area (Å²) in [7, 11) is 0. The maximum atomic E-state index is 12.2. The molecule has 5 heteroatoms. The topological polar surface area (TPSA) is 70.9 Å². The SMILES string of the molecule is CCSCC(C)NC(=O)c1c[nH]c2ccc(N)cc12. The summed E-state index contributed by atoms with van der Waals surface area (Å²) < 4.78 is 0. The number of thioether (sulfide) groups is 1. The predicted octanol–water partition coefficient (Wildman–Crippen LogP) is 2.62. The number of hydrogen-bond donors (Lipinski definition) is 3. The number of carbonyl (C=O) groups excluding carboxylic acids is 1. The van der Waals surface area contributed by atoms with Crippen LogP contribution in [-0.4, -0.2) is 28.4 Å². The first-order valence-electron chi connectivity index (χ1n) is 6.37. The van der Waals surface area contributed by atoms with Gasteiger partial charge in [-0.2, -0.15) is 11.8 Å². The fourth-order valence-electron chi connectivity index (χ4n) is 1.96. The third kappa shape index (κ3) is 3.23. The Morgan fingerprint density at radius 3 is 3.05 bits per heavy atom. The molecule has 4 nitrogen and oxygen atoms in total. The van der Waals surface area contributed by atoms with E-state index in [2.05, 4.69) is 17.2 Å². The number of amides is 1. The van der Waals surface area contributed by atoms with E-state index in [9.17, 15) is 4.79 Å². The van der Waals surface area contributed by atoms with Crippen molar-refractivity contribution >= 4 is 34.3 Å². The summed E-state index contributed by atoms with van der Waals surface area (Å²) >= 11 is 1.82. The summed E-state index contributed by atoms with van der Waals surface area (Å²) in [4.78, 5) is 15.3. The van der Waals surface area contributed by atoms with Crippen LogP contribution in [0.3, 0.4) is 0 Å². The summed E-state index contributed by atoms with van der Waals surface area (Å²) in [5.74, 6) is 1.93. The Morgan fingerprint density at radius 2 is 2.32 bits per heavy atom. The van der Waals surface area contributed by atoms with Crippen LogP contribution in [0.15, 0.2) is 24.4 Å². The smallest absolute Gasteiger partial charge is 0.253 e. The van der Waals surface area contributed by atoms with E-state index < -0.39 is 0 Å². The van der Waals surface area contributed by atoms with Crippen LogP contribution in [0.2, 0.25) is 0 Å². The van der Waals surface area contributed by atoms with Crippen molar-refractivity contribution in [2.45, 2.75) is 19.9 Å². The Morgan fingerprint density at radius 1 is 1.53 bits per heavy atom. The number of H-pyrrole nitrogens is 1. The summed E-state index contributed by atoms with van der Waals surface area (Å²) in [6.07, 6.45) is 1.74. The molecule has 4 N–H and O–H groups in total. The first-order valence-corrected chi connectivity index (χ1v) is 7.52. The minimum atomic E-state index is -0.0546. The Kier molecular flexibility index (Phi) is 4.37. The summed E-state index contributed by atoms with van der Waals surface area (Å²) in [5, 5.41) is 3.88. The molecule has 0 saturated heterocycles. The lowest BCUT2D eigenvalue weighted by Gasteiger charge is -2.12. The van der Waals surface area contributed by atoms with Crippen molar-refractivity contribution in [3.8, 4) is 0 Å². The van der Waals surface area contributed by atoms with Gasteiger partial charge in [-0.3, -0.25) is 4.79 Å². The molecule has 19 heavy (non-hydrogen) atoms. The maximum absolute atomic E-state index is 12.2. The number of rotatable bonds is 5.